The van der Waals surface area contributed by atoms with Crippen molar-refractivity contribution in [3.8, 4) is 17.0 Å². The molecule has 0 spiro atoms. The van der Waals surface area contributed by atoms with Crippen LogP contribution in [0.4, 0.5) is 5.13 Å². The molecule has 3 rings (SSSR count). The van der Waals surface area contributed by atoms with E-state index in [4.69, 9.17) is 16.3 Å². The lowest BCUT2D eigenvalue weighted by atomic mass is 10.2. The fourth-order valence-electron chi connectivity index (χ4n) is 2.38. The van der Waals surface area contributed by atoms with Crippen LogP contribution in [0.25, 0.3) is 11.3 Å². The molecule has 0 aliphatic heterocycles. The molecule has 2 aromatic carbocycles. The van der Waals surface area contributed by atoms with E-state index in [1.165, 1.54) is 11.3 Å². The predicted molar refractivity (Wildman–Crippen MR) is 107 cm³/mol. The molecule has 0 aliphatic rings. The Balaban J connectivity index is 1.43. The average molecular weight is 387 g/mol. The first-order valence-electron chi connectivity index (χ1n) is 8.31. The molecule has 0 saturated carbocycles. The summed E-state index contributed by atoms with van der Waals surface area (Å²) < 4.78 is 5.65. The van der Waals surface area contributed by atoms with Gasteiger partial charge in [0, 0.05) is 22.4 Å². The second-order valence-electron chi connectivity index (χ2n) is 5.82. The lowest BCUT2D eigenvalue weighted by Crippen LogP contribution is -2.12. The van der Waals surface area contributed by atoms with Crippen LogP contribution in [0.2, 0.25) is 5.02 Å². The third-order valence-corrected chi connectivity index (χ3v) is 4.95. The van der Waals surface area contributed by atoms with E-state index >= 15 is 0 Å². The summed E-state index contributed by atoms with van der Waals surface area (Å²) in [6.45, 7) is 2.40. The maximum Gasteiger partial charge on any atom is 0.226 e. The summed E-state index contributed by atoms with van der Waals surface area (Å²) in [5.41, 5.74) is 2.88. The van der Waals surface area contributed by atoms with Gasteiger partial charge in [0.25, 0.3) is 0 Å². The van der Waals surface area contributed by atoms with Crippen LogP contribution < -0.4 is 10.1 Å². The van der Waals surface area contributed by atoms with Crippen LogP contribution in [0.15, 0.2) is 53.9 Å². The Kier molecular flexibility index (Phi) is 6.26. The number of thiazole rings is 1. The van der Waals surface area contributed by atoms with Gasteiger partial charge < -0.3 is 10.1 Å². The molecule has 26 heavy (non-hydrogen) atoms. The monoisotopic (exact) mass is 386 g/mol. The van der Waals surface area contributed by atoms with Crippen LogP contribution in [-0.4, -0.2) is 17.5 Å². The SMILES string of the molecule is Cc1cc(OCCCC(=O)Nc2nc(-c3ccccc3)cs2)ccc1Cl. The summed E-state index contributed by atoms with van der Waals surface area (Å²) in [6, 6.07) is 15.4. The lowest BCUT2D eigenvalue weighted by molar-refractivity contribution is -0.116. The summed E-state index contributed by atoms with van der Waals surface area (Å²) in [4.78, 5) is 16.5. The van der Waals surface area contributed by atoms with Gasteiger partial charge in [-0.15, -0.1) is 11.3 Å². The zero-order valence-electron chi connectivity index (χ0n) is 14.4. The van der Waals surface area contributed by atoms with E-state index in [-0.39, 0.29) is 5.91 Å². The molecule has 134 valence electrons. The fraction of sp³-hybridized carbons (Fsp3) is 0.200. The number of benzene rings is 2. The van der Waals surface area contributed by atoms with Gasteiger partial charge >= 0.3 is 0 Å². The van der Waals surface area contributed by atoms with Gasteiger partial charge in [-0.2, -0.15) is 0 Å². The number of carbonyl (C=O) groups excluding carboxylic acids is 1. The number of aryl methyl sites for hydroxylation is 1. The first-order chi connectivity index (χ1) is 12.6. The van der Waals surface area contributed by atoms with E-state index in [0.29, 0.717) is 24.6 Å². The Morgan fingerprint density at radius 1 is 1.23 bits per heavy atom. The van der Waals surface area contributed by atoms with Crippen molar-refractivity contribution in [2.45, 2.75) is 19.8 Å². The lowest BCUT2D eigenvalue weighted by Gasteiger charge is -2.07. The van der Waals surface area contributed by atoms with E-state index < -0.39 is 0 Å². The van der Waals surface area contributed by atoms with Crippen LogP contribution in [0.3, 0.4) is 0 Å². The van der Waals surface area contributed by atoms with Crippen LogP contribution in [-0.2, 0) is 4.79 Å². The highest BCUT2D eigenvalue weighted by atomic mass is 35.5. The summed E-state index contributed by atoms with van der Waals surface area (Å²) in [5.74, 6) is 0.703. The maximum absolute atomic E-state index is 12.1. The third kappa shape index (κ3) is 5.07. The number of ether oxygens (including phenoxy) is 1. The Labute approximate surface area is 161 Å². The number of rotatable bonds is 7. The van der Waals surface area contributed by atoms with Crippen molar-refractivity contribution in [3.63, 3.8) is 0 Å². The molecule has 1 amide bonds. The number of anilines is 1. The number of aromatic nitrogens is 1. The molecular formula is C20H19ClN2O2S. The normalized spacial score (nSPS) is 10.5. The first-order valence-corrected chi connectivity index (χ1v) is 9.57. The van der Waals surface area contributed by atoms with E-state index in [2.05, 4.69) is 10.3 Å². The molecule has 0 unspecified atom stereocenters. The molecule has 1 N–H and O–H groups in total. The zero-order valence-corrected chi connectivity index (χ0v) is 15.9. The number of nitrogens with zero attached hydrogens (tertiary/aromatic N) is 1. The van der Waals surface area contributed by atoms with Crippen LogP contribution in [0.1, 0.15) is 18.4 Å². The third-order valence-electron chi connectivity index (χ3n) is 3.77. The highest BCUT2D eigenvalue weighted by Crippen LogP contribution is 2.25. The zero-order chi connectivity index (χ0) is 18.4. The molecular weight excluding hydrogens is 368 g/mol. The van der Waals surface area contributed by atoms with E-state index in [9.17, 15) is 4.79 Å². The molecule has 0 atom stereocenters. The van der Waals surface area contributed by atoms with Gasteiger partial charge in [0.15, 0.2) is 5.13 Å². The highest BCUT2D eigenvalue weighted by Gasteiger charge is 2.08. The Hall–Kier alpha value is -2.37. The number of halogens is 1. The minimum Gasteiger partial charge on any atom is -0.494 e. The van der Waals surface area contributed by atoms with E-state index in [0.717, 1.165) is 27.6 Å². The van der Waals surface area contributed by atoms with Crippen LogP contribution in [0, 0.1) is 6.92 Å². The molecule has 0 aliphatic carbocycles. The summed E-state index contributed by atoms with van der Waals surface area (Å²) in [6.07, 6.45) is 1.01. The van der Waals surface area contributed by atoms with Gasteiger partial charge in [0.1, 0.15) is 5.75 Å². The smallest absolute Gasteiger partial charge is 0.226 e. The average Bonchev–Trinajstić information content (AvgIpc) is 3.11. The van der Waals surface area contributed by atoms with Gasteiger partial charge in [0.05, 0.1) is 12.3 Å². The minimum atomic E-state index is -0.0603. The molecule has 6 heteroatoms. The van der Waals surface area contributed by atoms with Gasteiger partial charge in [-0.3, -0.25) is 4.79 Å². The highest BCUT2D eigenvalue weighted by molar-refractivity contribution is 7.14. The van der Waals surface area contributed by atoms with E-state index in [1.807, 2.05) is 60.8 Å². The predicted octanol–water partition coefficient (Wildman–Crippen LogP) is 5.57. The maximum atomic E-state index is 12.1. The summed E-state index contributed by atoms with van der Waals surface area (Å²) >= 11 is 7.41. The number of hydrogen-bond acceptors (Lipinski definition) is 4. The molecule has 0 saturated heterocycles. The van der Waals surface area contributed by atoms with Crippen molar-refractivity contribution in [3.05, 3.63) is 64.5 Å². The Morgan fingerprint density at radius 2 is 2.04 bits per heavy atom. The molecule has 3 aromatic rings. The van der Waals surface area contributed by atoms with Gasteiger partial charge in [0.2, 0.25) is 5.91 Å². The second kappa shape index (κ2) is 8.83. The van der Waals surface area contributed by atoms with Crippen molar-refractivity contribution >= 4 is 34.0 Å². The largest absolute Gasteiger partial charge is 0.494 e. The molecule has 0 radical (unpaired) electrons. The summed E-state index contributed by atoms with van der Waals surface area (Å²) in [5, 5.41) is 6.12. The first kappa shape index (κ1) is 18.4. The fourth-order valence-corrected chi connectivity index (χ4v) is 3.24. The molecule has 0 bridgehead atoms. The van der Waals surface area contributed by atoms with Crippen LogP contribution in [0.5, 0.6) is 5.75 Å². The topological polar surface area (TPSA) is 51.2 Å². The van der Waals surface area contributed by atoms with Crippen molar-refractivity contribution in [2.24, 2.45) is 0 Å². The number of hydrogen-bond donors (Lipinski definition) is 1. The molecule has 1 heterocycles. The quantitative estimate of drug-likeness (QED) is 0.540. The Morgan fingerprint density at radius 3 is 2.81 bits per heavy atom. The number of nitrogens with one attached hydrogen (secondary N) is 1. The van der Waals surface area contributed by atoms with Crippen LogP contribution >= 0.6 is 22.9 Å². The van der Waals surface area contributed by atoms with Gasteiger partial charge in [-0.1, -0.05) is 41.9 Å². The summed E-state index contributed by atoms with van der Waals surface area (Å²) in [7, 11) is 0. The molecule has 0 fully saturated rings. The molecule has 4 nitrogen and oxygen atoms in total. The van der Waals surface area contributed by atoms with Crippen molar-refractivity contribution < 1.29 is 9.53 Å². The standard InChI is InChI=1S/C20H19ClN2O2S/c1-14-12-16(9-10-17(14)21)25-11-5-8-19(24)23-20-22-18(13-26-20)15-6-3-2-4-7-15/h2-4,6-7,9-10,12-13H,5,8,11H2,1H3,(H,22,23,24). The van der Waals surface area contributed by atoms with Gasteiger partial charge in [-0.25, -0.2) is 4.98 Å². The number of amides is 1. The minimum absolute atomic E-state index is 0.0603. The second-order valence-corrected chi connectivity index (χ2v) is 7.08. The van der Waals surface area contributed by atoms with Crippen molar-refractivity contribution in [2.75, 3.05) is 11.9 Å². The molecule has 1 aromatic heterocycles. The van der Waals surface area contributed by atoms with Crippen molar-refractivity contribution in [1.29, 1.82) is 0 Å². The van der Waals surface area contributed by atoms with Gasteiger partial charge in [-0.05, 0) is 37.1 Å². The van der Waals surface area contributed by atoms with E-state index in [1.54, 1.807) is 0 Å². The number of carbonyl (C=O) groups is 1. The van der Waals surface area contributed by atoms with Crippen molar-refractivity contribution in [1.82, 2.24) is 4.98 Å². The Bertz CT molecular complexity index is 881.